The van der Waals surface area contributed by atoms with Gasteiger partial charge in [0, 0.05) is 18.7 Å². The van der Waals surface area contributed by atoms with Crippen LogP contribution in [-0.4, -0.2) is 67.0 Å². The number of ether oxygens (including phenoxy) is 4. The molecule has 0 aliphatic carbocycles. The highest BCUT2D eigenvalue weighted by atomic mass is 16.7. The smallest absolute Gasteiger partial charge is 0.407 e. The number of hydrogen-bond acceptors (Lipinski definition) is 10. The zero-order valence-corrected chi connectivity index (χ0v) is 28.8. The standard InChI is InChI=1S/C36H47N5O8/c1-35(2,3)47-33(43)39-21-27(22-40-34(44)48-36(4,5)6)41-31(37)26-17-19-28(20-18-26)45-23-29(49-38)32(42)46-30(24-13-9-7-10-14-24)25-15-11-8-12-16-25/h7-20,27,29-30H,21-23,38H2,1-6H3,(H2,37,41)(H,39,43)(H,40,44). The fourth-order valence-electron chi connectivity index (χ4n) is 4.30. The summed E-state index contributed by atoms with van der Waals surface area (Å²) in [5, 5.41) is 5.31. The lowest BCUT2D eigenvalue weighted by Gasteiger charge is -2.22. The third kappa shape index (κ3) is 13.9. The number of carbonyl (C=O) groups excluding carboxylic acids is 3. The van der Waals surface area contributed by atoms with Crippen LogP contribution >= 0.6 is 0 Å². The average molecular weight is 678 g/mol. The maximum atomic E-state index is 13.1. The number of amidine groups is 1. The molecular weight excluding hydrogens is 630 g/mol. The molecule has 264 valence electrons. The van der Waals surface area contributed by atoms with E-state index in [9.17, 15) is 14.4 Å². The van der Waals surface area contributed by atoms with Crippen molar-refractivity contribution in [1.82, 2.24) is 10.6 Å². The zero-order chi connectivity index (χ0) is 36.0. The van der Waals surface area contributed by atoms with Gasteiger partial charge >= 0.3 is 18.2 Å². The zero-order valence-electron chi connectivity index (χ0n) is 28.8. The number of nitrogens with one attached hydrogen (secondary N) is 2. The Labute approximate surface area is 287 Å². The highest BCUT2D eigenvalue weighted by Gasteiger charge is 2.27. The summed E-state index contributed by atoms with van der Waals surface area (Å²) in [5.41, 5.74) is 7.06. The Morgan fingerprint density at radius 1 is 0.735 bits per heavy atom. The van der Waals surface area contributed by atoms with Crippen molar-refractivity contribution >= 4 is 24.0 Å². The molecule has 1 atom stereocenters. The molecule has 0 aliphatic heterocycles. The molecule has 3 rings (SSSR count). The number of carbonyl (C=O) groups is 3. The van der Waals surface area contributed by atoms with Gasteiger partial charge in [-0.3, -0.25) is 9.83 Å². The minimum absolute atomic E-state index is 0.0264. The van der Waals surface area contributed by atoms with Gasteiger partial charge in [0.2, 0.25) is 6.10 Å². The van der Waals surface area contributed by atoms with E-state index in [0.717, 1.165) is 11.1 Å². The van der Waals surface area contributed by atoms with E-state index in [1.165, 1.54) is 0 Å². The average Bonchev–Trinajstić information content (AvgIpc) is 3.04. The van der Waals surface area contributed by atoms with Crippen LogP contribution in [0.25, 0.3) is 0 Å². The van der Waals surface area contributed by atoms with Crippen LogP contribution in [0.3, 0.4) is 0 Å². The van der Waals surface area contributed by atoms with Gasteiger partial charge in [-0.2, -0.15) is 0 Å². The van der Waals surface area contributed by atoms with E-state index < -0.39 is 47.6 Å². The predicted octanol–water partition coefficient (Wildman–Crippen LogP) is 4.78. The Morgan fingerprint density at radius 2 is 1.20 bits per heavy atom. The third-order valence-corrected chi connectivity index (χ3v) is 6.50. The number of rotatable bonds is 14. The molecule has 49 heavy (non-hydrogen) atoms. The summed E-state index contributed by atoms with van der Waals surface area (Å²) < 4.78 is 22.2. The monoisotopic (exact) mass is 677 g/mol. The summed E-state index contributed by atoms with van der Waals surface area (Å²) in [7, 11) is 0. The Kier molecular flexibility index (Phi) is 14.0. The molecule has 3 aromatic carbocycles. The number of alkyl carbamates (subject to hydrolysis) is 2. The number of hydrogen-bond donors (Lipinski definition) is 4. The number of aliphatic imine (C=N–C) groups is 1. The number of benzene rings is 3. The topological polar surface area (TPSA) is 186 Å². The molecule has 0 saturated heterocycles. The largest absolute Gasteiger partial charge is 0.490 e. The van der Waals surface area contributed by atoms with E-state index in [-0.39, 0.29) is 25.5 Å². The first-order valence-corrected chi connectivity index (χ1v) is 15.8. The Balaban J connectivity index is 1.65. The van der Waals surface area contributed by atoms with E-state index in [4.69, 9.17) is 35.4 Å². The van der Waals surface area contributed by atoms with Crippen LogP contribution in [0.4, 0.5) is 9.59 Å². The highest BCUT2D eigenvalue weighted by molar-refractivity contribution is 5.97. The molecule has 3 aromatic rings. The summed E-state index contributed by atoms with van der Waals surface area (Å²) in [6, 6.07) is 24.7. The fraction of sp³-hybridized carbons (Fsp3) is 0.389. The molecule has 1 unspecified atom stereocenters. The molecule has 0 aliphatic rings. The number of nitrogens with zero attached hydrogens (tertiary/aromatic N) is 1. The summed E-state index contributed by atoms with van der Waals surface area (Å²) in [5.74, 6) is 5.32. The van der Waals surface area contributed by atoms with Crippen LogP contribution < -0.4 is 27.0 Å². The van der Waals surface area contributed by atoms with Crippen molar-refractivity contribution < 1.29 is 38.2 Å². The fourth-order valence-corrected chi connectivity index (χ4v) is 4.30. The minimum Gasteiger partial charge on any atom is -0.490 e. The second-order valence-corrected chi connectivity index (χ2v) is 13.0. The van der Waals surface area contributed by atoms with Crippen molar-refractivity contribution in [3.05, 3.63) is 102 Å². The van der Waals surface area contributed by atoms with Gasteiger partial charge in [-0.05, 0) is 76.9 Å². The van der Waals surface area contributed by atoms with Gasteiger partial charge in [0.15, 0.2) is 6.10 Å². The molecule has 0 radical (unpaired) electrons. The van der Waals surface area contributed by atoms with Crippen LogP contribution in [0.15, 0.2) is 89.9 Å². The number of esters is 1. The molecule has 13 nitrogen and oxygen atoms in total. The van der Waals surface area contributed by atoms with Crippen molar-refractivity contribution in [2.75, 3.05) is 19.7 Å². The second-order valence-electron chi connectivity index (χ2n) is 13.0. The van der Waals surface area contributed by atoms with Gasteiger partial charge in [-0.15, -0.1) is 0 Å². The van der Waals surface area contributed by atoms with Crippen molar-refractivity contribution in [2.45, 2.75) is 71.0 Å². The van der Waals surface area contributed by atoms with Crippen molar-refractivity contribution in [3.63, 3.8) is 0 Å². The Bertz CT molecular complexity index is 1450. The van der Waals surface area contributed by atoms with Crippen LogP contribution in [0, 0.1) is 0 Å². The molecule has 0 bridgehead atoms. The molecule has 0 saturated carbocycles. The molecule has 0 fully saturated rings. The molecule has 0 spiro atoms. The second kappa shape index (κ2) is 17.9. The minimum atomic E-state index is -1.21. The molecule has 0 heterocycles. The van der Waals surface area contributed by atoms with Gasteiger partial charge in [0.1, 0.15) is 29.4 Å². The molecular formula is C36H47N5O8. The van der Waals surface area contributed by atoms with Gasteiger partial charge in [0.05, 0.1) is 6.04 Å². The van der Waals surface area contributed by atoms with E-state index in [1.54, 1.807) is 65.8 Å². The summed E-state index contributed by atoms with van der Waals surface area (Å²) in [6.45, 7) is 10.3. The van der Waals surface area contributed by atoms with Crippen molar-refractivity contribution in [3.8, 4) is 5.75 Å². The maximum absolute atomic E-state index is 13.1. The maximum Gasteiger partial charge on any atom is 0.407 e. The van der Waals surface area contributed by atoms with Crippen LogP contribution in [-0.2, 0) is 23.8 Å². The van der Waals surface area contributed by atoms with E-state index >= 15 is 0 Å². The summed E-state index contributed by atoms with van der Waals surface area (Å²) >= 11 is 0. The predicted molar refractivity (Wildman–Crippen MR) is 185 cm³/mol. The third-order valence-electron chi connectivity index (χ3n) is 6.50. The number of amides is 2. The molecule has 0 aromatic heterocycles. The van der Waals surface area contributed by atoms with Gasteiger partial charge < -0.3 is 35.3 Å². The van der Waals surface area contributed by atoms with Gasteiger partial charge in [-0.1, -0.05) is 60.7 Å². The van der Waals surface area contributed by atoms with E-state index in [1.807, 2.05) is 60.7 Å². The lowest BCUT2D eigenvalue weighted by molar-refractivity contribution is -0.163. The molecule has 2 amide bonds. The number of nitrogens with two attached hydrogens (primary N) is 2. The van der Waals surface area contributed by atoms with Gasteiger partial charge in [-0.25, -0.2) is 20.3 Å². The van der Waals surface area contributed by atoms with E-state index in [0.29, 0.717) is 11.3 Å². The molecule has 6 N–H and O–H groups in total. The van der Waals surface area contributed by atoms with Crippen LogP contribution in [0.2, 0.25) is 0 Å². The first kappa shape index (κ1) is 38.3. The van der Waals surface area contributed by atoms with Gasteiger partial charge in [0.25, 0.3) is 0 Å². The Hall–Kier alpha value is -5.14. The SMILES string of the molecule is CC(C)(C)OC(=O)NCC(CNC(=O)OC(C)(C)C)N=C(N)c1ccc(OCC(ON)C(=O)OC(c2ccccc2)c2ccccc2)cc1. The highest BCUT2D eigenvalue weighted by Crippen LogP contribution is 2.26. The van der Waals surface area contributed by atoms with Crippen molar-refractivity contribution in [2.24, 2.45) is 16.6 Å². The van der Waals surface area contributed by atoms with Crippen LogP contribution in [0.5, 0.6) is 5.75 Å². The molecule has 13 heteroatoms. The Morgan fingerprint density at radius 3 is 1.63 bits per heavy atom. The van der Waals surface area contributed by atoms with E-state index in [2.05, 4.69) is 15.6 Å². The van der Waals surface area contributed by atoms with Crippen LogP contribution in [0.1, 0.15) is 64.3 Å². The summed E-state index contributed by atoms with van der Waals surface area (Å²) in [6.07, 6.45) is -3.15. The van der Waals surface area contributed by atoms with Crippen molar-refractivity contribution in [1.29, 1.82) is 0 Å². The first-order valence-electron chi connectivity index (χ1n) is 15.8. The lowest BCUT2D eigenvalue weighted by Crippen LogP contribution is -2.43. The normalized spacial score (nSPS) is 12.6. The first-order chi connectivity index (χ1) is 23.1. The summed E-state index contributed by atoms with van der Waals surface area (Å²) in [4.78, 5) is 47.1. The quantitative estimate of drug-likeness (QED) is 0.0608. The lowest BCUT2D eigenvalue weighted by atomic mass is 10.0.